The van der Waals surface area contributed by atoms with Gasteiger partial charge in [-0.3, -0.25) is 9.78 Å². The second-order valence-electron chi connectivity index (χ2n) is 6.17. The van der Waals surface area contributed by atoms with E-state index in [1.54, 1.807) is 49.6 Å². The third-order valence-electron chi connectivity index (χ3n) is 4.28. The third-order valence-corrected chi connectivity index (χ3v) is 4.53. The minimum absolute atomic E-state index is 0.173. The molecule has 2 aromatic carbocycles. The molecule has 0 N–H and O–H groups in total. The maximum absolute atomic E-state index is 13.0. The summed E-state index contributed by atoms with van der Waals surface area (Å²) in [6.45, 7) is 0.345. The lowest BCUT2D eigenvalue weighted by Gasteiger charge is -2.21. The second kappa shape index (κ2) is 9.75. The molecule has 148 valence electrons. The van der Waals surface area contributed by atoms with Crippen LogP contribution in [0.15, 0.2) is 72.9 Å². The summed E-state index contributed by atoms with van der Waals surface area (Å²) in [7, 11) is 3.16. The summed E-state index contributed by atoms with van der Waals surface area (Å²) in [6.07, 6.45) is 4.98. The zero-order chi connectivity index (χ0) is 20.6. The predicted octanol–water partition coefficient (Wildman–Crippen LogP) is 5.00. The van der Waals surface area contributed by atoms with Gasteiger partial charge in [-0.2, -0.15) is 0 Å². The van der Waals surface area contributed by atoms with E-state index in [2.05, 4.69) is 4.98 Å². The summed E-state index contributed by atoms with van der Waals surface area (Å²) in [5.74, 6) is 1.06. The number of halogens is 1. The molecule has 1 aromatic heterocycles. The minimum Gasteiger partial charge on any atom is -0.493 e. The predicted molar refractivity (Wildman–Crippen MR) is 115 cm³/mol. The minimum atomic E-state index is -0.173. The van der Waals surface area contributed by atoms with Gasteiger partial charge in [-0.25, -0.2) is 0 Å². The lowest BCUT2D eigenvalue weighted by molar-refractivity contribution is -0.114. The molecule has 0 spiro atoms. The van der Waals surface area contributed by atoms with Gasteiger partial charge in [0.25, 0.3) is 5.91 Å². The molecule has 29 heavy (non-hydrogen) atoms. The van der Waals surface area contributed by atoms with Gasteiger partial charge in [0.05, 0.1) is 26.5 Å². The Bertz CT molecular complexity index is 989. The number of pyridine rings is 1. The molecule has 0 unspecified atom stereocenters. The molecule has 0 bridgehead atoms. The van der Waals surface area contributed by atoms with Crippen LogP contribution in [0.4, 0.5) is 5.69 Å². The third kappa shape index (κ3) is 5.36. The number of amides is 1. The van der Waals surface area contributed by atoms with E-state index < -0.39 is 0 Å². The van der Waals surface area contributed by atoms with Gasteiger partial charge in [-0.1, -0.05) is 23.7 Å². The van der Waals surface area contributed by atoms with Crippen LogP contribution in [0, 0.1) is 0 Å². The molecular formula is C23H21ClN2O3. The average molecular weight is 409 g/mol. The zero-order valence-electron chi connectivity index (χ0n) is 16.2. The molecule has 0 fully saturated rings. The van der Waals surface area contributed by atoms with Crippen LogP contribution in [0.25, 0.3) is 6.08 Å². The van der Waals surface area contributed by atoms with Crippen LogP contribution in [0.1, 0.15) is 11.3 Å². The summed E-state index contributed by atoms with van der Waals surface area (Å²) >= 11 is 6.00. The van der Waals surface area contributed by atoms with Crippen LogP contribution in [-0.2, 0) is 11.3 Å². The van der Waals surface area contributed by atoms with Crippen molar-refractivity contribution < 1.29 is 14.3 Å². The number of aromatic nitrogens is 1. The van der Waals surface area contributed by atoms with Crippen molar-refractivity contribution in [3.8, 4) is 11.5 Å². The monoisotopic (exact) mass is 408 g/mol. The first kappa shape index (κ1) is 20.4. The number of methoxy groups -OCH3 is 2. The van der Waals surface area contributed by atoms with E-state index in [-0.39, 0.29) is 5.91 Å². The smallest absolute Gasteiger partial charge is 0.251 e. The number of anilines is 1. The van der Waals surface area contributed by atoms with Gasteiger partial charge in [0.2, 0.25) is 0 Å². The fraction of sp³-hybridized carbons (Fsp3) is 0.130. The highest BCUT2D eigenvalue weighted by Crippen LogP contribution is 2.28. The second-order valence-corrected chi connectivity index (χ2v) is 6.61. The standard InChI is InChI=1S/C23H21ClN2O3/c1-28-21-12-6-17(15-22(21)29-2)7-13-23(27)26(16-19-5-3-4-14-25-19)20-10-8-18(24)9-11-20/h3-15H,16H2,1-2H3/b13-7+. The Morgan fingerprint density at radius 1 is 1.03 bits per heavy atom. The van der Waals surface area contributed by atoms with Gasteiger partial charge in [0.1, 0.15) is 0 Å². The van der Waals surface area contributed by atoms with Gasteiger partial charge >= 0.3 is 0 Å². The van der Waals surface area contributed by atoms with Gasteiger partial charge in [0, 0.05) is 23.0 Å². The Kier molecular flexibility index (Phi) is 6.87. The van der Waals surface area contributed by atoms with Crippen molar-refractivity contribution in [2.24, 2.45) is 0 Å². The largest absolute Gasteiger partial charge is 0.493 e. The quantitative estimate of drug-likeness (QED) is 0.516. The number of carbonyl (C=O) groups is 1. The summed E-state index contributed by atoms with van der Waals surface area (Å²) in [5, 5.41) is 0.611. The average Bonchev–Trinajstić information content (AvgIpc) is 2.77. The molecule has 0 radical (unpaired) electrons. The van der Waals surface area contributed by atoms with Crippen LogP contribution < -0.4 is 14.4 Å². The van der Waals surface area contributed by atoms with Gasteiger partial charge in [-0.15, -0.1) is 0 Å². The normalized spacial score (nSPS) is 10.7. The topological polar surface area (TPSA) is 51.7 Å². The van der Waals surface area contributed by atoms with Crippen LogP contribution >= 0.6 is 11.6 Å². The Labute approximate surface area is 175 Å². The van der Waals surface area contributed by atoms with Gasteiger partial charge in [0.15, 0.2) is 11.5 Å². The number of hydrogen-bond donors (Lipinski definition) is 0. The first-order chi connectivity index (χ1) is 14.1. The Morgan fingerprint density at radius 2 is 1.79 bits per heavy atom. The molecule has 6 heteroatoms. The molecule has 1 amide bonds. The molecular weight excluding hydrogens is 388 g/mol. The Hall–Kier alpha value is -3.31. The van der Waals surface area contributed by atoms with E-state index in [9.17, 15) is 4.79 Å². The molecule has 0 aliphatic heterocycles. The summed E-state index contributed by atoms with van der Waals surface area (Å²) in [4.78, 5) is 19.0. The van der Waals surface area contributed by atoms with E-state index in [1.807, 2.05) is 42.5 Å². The van der Waals surface area contributed by atoms with Crippen LogP contribution in [-0.4, -0.2) is 25.1 Å². The van der Waals surface area contributed by atoms with Crippen molar-refractivity contribution in [2.75, 3.05) is 19.1 Å². The number of carbonyl (C=O) groups excluding carboxylic acids is 1. The van der Waals surface area contributed by atoms with Gasteiger partial charge in [-0.05, 0) is 60.2 Å². The summed E-state index contributed by atoms with van der Waals surface area (Å²) in [6, 6.07) is 18.2. The fourth-order valence-corrected chi connectivity index (χ4v) is 2.91. The molecule has 0 saturated carbocycles. The van der Waals surface area contributed by atoms with Crippen molar-refractivity contribution in [1.29, 1.82) is 0 Å². The van der Waals surface area contributed by atoms with E-state index in [0.717, 1.165) is 16.9 Å². The van der Waals surface area contributed by atoms with Crippen molar-refractivity contribution >= 4 is 29.3 Å². The van der Waals surface area contributed by atoms with Crippen molar-refractivity contribution in [3.05, 3.63) is 89.2 Å². The molecule has 3 aromatic rings. The number of ether oxygens (including phenoxy) is 2. The highest BCUT2D eigenvalue weighted by atomic mass is 35.5. The zero-order valence-corrected chi connectivity index (χ0v) is 17.0. The van der Waals surface area contributed by atoms with Crippen molar-refractivity contribution in [2.45, 2.75) is 6.54 Å². The molecule has 3 rings (SSSR count). The fourth-order valence-electron chi connectivity index (χ4n) is 2.79. The lowest BCUT2D eigenvalue weighted by atomic mass is 10.1. The van der Waals surface area contributed by atoms with Crippen LogP contribution in [0.3, 0.4) is 0 Å². The maximum atomic E-state index is 13.0. The maximum Gasteiger partial charge on any atom is 0.251 e. The van der Waals surface area contributed by atoms with Gasteiger partial charge < -0.3 is 14.4 Å². The van der Waals surface area contributed by atoms with Crippen molar-refractivity contribution in [1.82, 2.24) is 4.98 Å². The number of rotatable bonds is 7. The summed E-state index contributed by atoms with van der Waals surface area (Å²) in [5.41, 5.74) is 2.35. The highest BCUT2D eigenvalue weighted by Gasteiger charge is 2.15. The van der Waals surface area contributed by atoms with E-state index in [1.165, 1.54) is 6.08 Å². The molecule has 0 aliphatic rings. The highest BCUT2D eigenvalue weighted by molar-refractivity contribution is 6.30. The molecule has 0 saturated heterocycles. The molecule has 5 nitrogen and oxygen atoms in total. The first-order valence-electron chi connectivity index (χ1n) is 8.98. The molecule has 0 aliphatic carbocycles. The van der Waals surface area contributed by atoms with Crippen molar-refractivity contribution in [3.63, 3.8) is 0 Å². The van der Waals surface area contributed by atoms with E-state index in [4.69, 9.17) is 21.1 Å². The number of nitrogens with zero attached hydrogens (tertiary/aromatic N) is 2. The number of benzene rings is 2. The first-order valence-corrected chi connectivity index (χ1v) is 9.35. The number of hydrogen-bond acceptors (Lipinski definition) is 4. The summed E-state index contributed by atoms with van der Waals surface area (Å²) < 4.78 is 10.6. The van der Waals surface area contributed by atoms with E-state index >= 15 is 0 Å². The van der Waals surface area contributed by atoms with Crippen LogP contribution in [0.5, 0.6) is 11.5 Å². The Balaban J connectivity index is 1.86. The van der Waals surface area contributed by atoms with E-state index in [0.29, 0.717) is 23.1 Å². The SMILES string of the molecule is COc1ccc(/C=C/C(=O)N(Cc2ccccn2)c2ccc(Cl)cc2)cc1OC. The molecule has 1 heterocycles. The molecule has 0 atom stereocenters. The Morgan fingerprint density at radius 3 is 2.45 bits per heavy atom. The lowest BCUT2D eigenvalue weighted by Crippen LogP contribution is -2.29. The van der Waals surface area contributed by atoms with Crippen LogP contribution in [0.2, 0.25) is 5.02 Å².